The molecular formula is C14H15ClF2OS. The quantitative estimate of drug-likeness (QED) is 0.725. The molecule has 1 aliphatic rings. The lowest BCUT2D eigenvalue weighted by Gasteiger charge is -2.09. The van der Waals surface area contributed by atoms with Gasteiger partial charge >= 0.3 is 0 Å². The molecule has 1 atom stereocenters. The van der Waals surface area contributed by atoms with Crippen LogP contribution in [0.2, 0.25) is 5.02 Å². The van der Waals surface area contributed by atoms with Gasteiger partial charge in [0.25, 0.3) is 0 Å². The van der Waals surface area contributed by atoms with Gasteiger partial charge in [-0.3, -0.25) is 4.79 Å². The standard InChI is InChI=1S/C14H15ClF2OS/c15-12-3-1-2-4-13(12)19-9-11(18)7-10-5-6-14(16,17)8-10/h1-4,10H,5-9H2. The summed E-state index contributed by atoms with van der Waals surface area (Å²) in [6.45, 7) is 0. The summed E-state index contributed by atoms with van der Waals surface area (Å²) < 4.78 is 26.0. The van der Waals surface area contributed by atoms with E-state index in [1.54, 1.807) is 6.07 Å². The van der Waals surface area contributed by atoms with Crippen molar-refractivity contribution >= 4 is 29.1 Å². The molecule has 0 heterocycles. The second-order valence-electron chi connectivity index (χ2n) is 4.93. The van der Waals surface area contributed by atoms with Gasteiger partial charge in [-0.1, -0.05) is 23.7 Å². The Bertz CT molecular complexity index is 465. The first-order valence-electron chi connectivity index (χ1n) is 6.23. The van der Waals surface area contributed by atoms with Crippen LogP contribution in [0.25, 0.3) is 0 Å². The molecule has 0 bridgehead atoms. The van der Waals surface area contributed by atoms with Crippen LogP contribution in [0.15, 0.2) is 29.2 Å². The van der Waals surface area contributed by atoms with E-state index >= 15 is 0 Å². The molecular weight excluding hydrogens is 290 g/mol. The number of hydrogen-bond acceptors (Lipinski definition) is 2. The molecule has 0 radical (unpaired) electrons. The Morgan fingerprint density at radius 3 is 2.79 bits per heavy atom. The lowest BCUT2D eigenvalue weighted by molar-refractivity contribution is -0.117. The Labute approximate surface area is 120 Å². The molecule has 2 rings (SSSR count). The highest BCUT2D eigenvalue weighted by Crippen LogP contribution is 2.40. The lowest BCUT2D eigenvalue weighted by atomic mass is 10.0. The van der Waals surface area contributed by atoms with E-state index in [0.29, 0.717) is 17.2 Å². The Kier molecular flexibility index (Phi) is 4.85. The highest BCUT2D eigenvalue weighted by molar-refractivity contribution is 8.00. The minimum absolute atomic E-state index is 0.0209. The third kappa shape index (κ3) is 4.46. The molecule has 0 saturated heterocycles. The number of halogens is 3. The van der Waals surface area contributed by atoms with Crippen molar-refractivity contribution in [2.24, 2.45) is 5.92 Å². The van der Waals surface area contributed by atoms with Crippen LogP contribution < -0.4 is 0 Å². The number of Topliss-reactive ketones (excluding diaryl/α,β-unsaturated/α-hetero) is 1. The van der Waals surface area contributed by atoms with Crippen molar-refractivity contribution in [1.29, 1.82) is 0 Å². The van der Waals surface area contributed by atoms with E-state index in [2.05, 4.69) is 0 Å². The van der Waals surface area contributed by atoms with E-state index in [0.717, 1.165) is 4.90 Å². The average Bonchev–Trinajstić information content (AvgIpc) is 2.67. The summed E-state index contributed by atoms with van der Waals surface area (Å²) in [6.07, 6.45) is 0.487. The topological polar surface area (TPSA) is 17.1 Å². The second-order valence-corrected chi connectivity index (χ2v) is 6.35. The minimum atomic E-state index is -2.57. The summed E-state index contributed by atoms with van der Waals surface area (Å²) in [7, 11) is 0. The molecule has 1 unspecified atom stereocenters. The summed E-state index contributed by atoms with van der Waals surface area (Å²) in [5, 5.41) is 0.618. The maximum atomic E-state index is 13.0. The second kappa shape index (κ2) is 6.23. The fourth-order valence-electron chi connectivity index (χ4n) is 2.32. The van der Waals surface area contributed by atoms with Crippen LogP contribution in [0.4, 0.5) is 8.78 Å². The first-order valence-corrected chi connectivity index (χ1v) is 7.59. The van der Waals surface area contributed by atoms with Crippen LogP contribution in [0.5, 0.6) is 0 Å². The summed E-state index contributed by atoms with van der Waals surface area (Å²) in [6, 6.07) is 7.31. The minimum Gasteiger partial charge on any atom is -0.299 e. The van der Waals surface area contributed by atoms with Crippen LogP contribution in [0.1, 0.15) is 25.7 Å². The molecule has 1 aliphatic carbocycles. The van der Waals surface area contributed by atoms with Crippen molar-refractivity contribution in [2.45, 2.75) is 36.5 Å². The molecule has 1 nitrogen and oxygen atoms in total. The van der Waals surface area contributed by atoms with Crippen LogP contribution in [-0.4, -0.2) is 17.5 Å². The molecule has 0 amide bonds. The zero-order chi connectivity index (χ0) is 13.9. The third-order valence-corrected chi connectivity index (χ3v) is 4.82. The van der Waals surface area contributed by atoms with Crippen LogP contribution in [0, 0.1) is 5.92 Å². The first kappa shape index (κ1) is 14.8. The fourth-order valence-corrected chi connectivity index (χ4v) is 3.43. The van der Waals surface area contributed by atoms with Crippen molar-refractivity contribution < 1.29 is 13.6 Å². The van der Waals surface area contributed by atoms with E-state index in [1.165, 1.54) is 11.8 Å². The fraction of sp³-hybridized carbons (Fsp3) is 0.500. The summed E-state index contributed by atoms with van der Waals surface area (Å²) >= 11 is 7.35. The molecule has 104 valence electrons. The van der Waals surface area contributed by atoms with Gasteiger partial charge in [0.15, 0.2) is 0 Å². The van der Waals surface area contributed by atoms with Gasteiger partial charge in [-0.05, 0) is 24.5 Å². The zero-order valence-corrected chi connectivity index (χ0v) is 11.9. The van der Waals surface area contributed by atoms with Crippen molar-refractivity contribution in [2.75, 3.05) is 5.75 Å². The molecule has 0 aromatic heterocycles. The van der Waals surface area contributed by atoms with Gasteiger partial charge in [-0.15, -0.1) is 11.8 Å². The van der Waals surface area contributed by atoms with Crippen LogP contribution >= 0.6 is 23.4 Å². The number of alkyl halides is 2. The van der Waals surface area contributed by atoms with Crippen molar-refractivity contribution in [3.8, 4) is 0 Å². The highest BCUT2D eigenvalue weighted by atomic mass is 35.5. The normalized spacial score (nSPS) is 21.5. The Balaban J connectivity index is 1.78. The van der Waals surface area contributed by atoms with E-state index < -0.39 is 5.92 Å². The molecule has 1 saturated carbocycles. The number of benzene rings is 1. The first-order chi connectivity index (χ1) is 8.96. The van der Waals surface area contributed by atoms with Crippen molar-refractivity contribution in [3.05, 3.63) is 29.3 Å². The van der Waals surface area contributed by atoms with E-state index in [1.807, 2.05) is 18.2 Å². The predicted molar refractivity (Wildman–Crippen MR) is 74.1 cm³/mol. The van der Waals surface area contributed by atoms with Gasteiger partial charge in [-0.25, -0.2) is 8.78 Å². The van der Waals surface area contributed by atoms with Gasteiger partial charge in [0.05, 0.1) is 10.8 Å². The molecule has 0 spiro atoms. The monoisotopic (exact) mass is 304 g/mol. The molecule has 1 aromatic carbocycles. The smallest absolute Gasteiger partial charge is 0.248 e. The Hall–Kier alpha value is -0.610. The van der Waals surface area contributed by atoms with E-state index in [-0.39, 0.29) is 31.0 Å². The lowest BCUT2D eigenvalue weighted by Crippen LogP contribution is -2.12. The number of ketones is 1. The summed E-state index contributed by atoms with van der Waals surface area (Å²) in [5.74, 6) is -2.41. The SMILES string of the molecule is O=C(CSc1ccccc1Cl)CC1CCC(F)(F)C1. The van der Waals surface area contributed by atoms with Gasteiger partial charge in [-0.2, -0.15) is 0 Å². The zero-order valence-electron chi connectivity index (χ0n) is 10.4. The van der Waals surface area contributed by atoms with Crippen LogP contribution in [-0.2, 0) is 4.79 Å². The average molecular weight is 305 g/mol. The summed E-state index contributed by atoms with van der Waals surface area (Å²) in [4.78, 5) is 12.6. The number of rotatable bonds is 5. The summed E-state index contributed by atoms with van der Waals surface area (Å²) in [5.41, 5.74) is 0. The van der Waals surface area contributed by atoms with Gasteiger partial charge in [0.1, 0.15) is 5.78 Å². The number of hydrogen-bond donors (Lipinski definition) is 0. The van der Waals surface area contributed by atoms with Crippen LogP contribution in [0.3, 0.4) is 0 Å². The van der Waals surface area contributed by atoms with E-state index in [9.17, 15) is 13.6 Å². The van der Waals surface area contributed by atoms with Crippen molar-refractivity contribution in [3.63, 3.8) is 0 Å². The Morgan fingerprint density at radius 2 is 2.16 bits per heavy atom. The van der Waals surface area contributed by atoms with E-state index in [4.69, 9.17) is 11.6 Å². The molecule has 0 aliphatic heterocycles. The number of thioether (sulfide) groups is 1. The van der Waals surface area contributed by atoms with Gasteiger partial charge < -0.3 is 0 Å². The van der Waals surface area contributed by atoms with Gasteiger partial charge in [0, 0.05) is 24.2 Å². The number of carbonyl (C=O) groups excluding carboxylic acids is 1. The number of carbonyl (C=O) groups is 1. The third-order valence-electron chi connectivity index (χ3n) is 3.25. The van der Waals surface area contributed by atoms with Crippen molar-refractivity contribution in [1.82, 2.24) is 0 Å². The molecule has 1 fully saturated rings. The molecule has 0 N–H and O–H groups in total. The maximum Gasteiger partial charge on any atom is 0.248 e. The van der Waals surface area contributed by atoms with Gasteiger partial charge in [0.2, 0.25) is 5.92 Å². The molecule has 19 heavy (non-hydrogen) atoms. The molecule has 5 heteroatoms. The highest BCUT2D eigenvalue weighted by Gasteiger charge is 2.39. The Morgan fingerprint density at radius 1 is 1.42 bits per heavy atom. The predicted octanol–water partition coefficient (Wildman–Crippen LogP) is 4.83. The molecule has 1 aromatic rings. The largest absolute Gasteiger partial charge is 0.299 e. The maximum absolute atomic E-state index is 13.0.